The third kappa shape index (κ3) is 2.95. The monoisotopic (exact) mass is 353 g/mol. The third-order valence-electron chi connectivity index (χ3n) is 5.87. The lowest BCUT2D eigenvalue weighted by atomic mass is 9.79. The van der Waals surface area contributed by atoms with Crippen molar-refractivity contribution in [1.29, 1.82) is 0 Å². The van der Waals surface area contributed by atoms with Gasteiger partial charge in [-0.05, 0) is 60.7 Å². The Hall–Kier alpha value is -2.11. The first-order valence-electron chi connectivity index (χ1n) is 9.27. The fourth-order valence-electron chi connectivity index (χ4n) is 4.46. The Morgan fingerprint density at radius 1 is 1.15 bits per heavy atom. The van der Waals surface area contributed by atoms with Gasteiger partial charge in [0.1, 0.15) is 0 Å². The minimum Gasteiger partial charge on any atom is -0.493 e. The second-order valence-corrected chi connectivity index (χ2v) is 7.43. The van der Waals surface area contributed by atoms with Gasteiger partial charge in [0.15, 0.2) is 11.5 Å². The highest BCUT2D eigenvalue weighted by atomic mass is 16.5. The summed E-state index contributed by atoms with van der Waals surface area (Å²) in [7, 11) is 3.38. The molecule has 0 amide bonds. The molecule has 1 aromatic carbocycles. The summed E-state index contributed by atoms with van der Waals surface area (Å²) in [5, 5.41) is 0. The van der Waals surface area contributed by atoms with E-state index < -0.39 is 0 Å². The number of nitrogens with zero attached hydrogens (tertiary/aromatic N) is 2. The summed E-state index contributed by atoms with van der Waals surface area (Å²) in [6.07, 6.45) is 3.85. The highest BCUT2D eigenvalue weighted by molar-refractivity contribution is 5.49. The molecule has 4 rings (SSSR count). The Kier molecular flexibility index (Phi) is 4.59. The molecule has 2 aliphatic rings. The van der Waals surface area contributed by atoms with Crippen molar-refractivity contribution in [2.75, 3.05) is 27.3 Å². The molecular weight excluding hydrogens is 326 g/mol. The molecule has 0 spiro atoms. The fraction of sp³-hybridized carbons (Fsp3) is 0.476. The number of benzene rings is 1. The number of aromatic nitrogens is 1. The molecule has 1 saturated heterocycles. The summed E-state index contributed by atoms with van der Waals surface area (Å²) < 4.78 is 11.0. The number of hydrogen-bond donors (Lipinski definition) is 1. The first kappa shape index (κ1) is 17.3. The molecule has 1 fully saturated rings. The Bertz CT molecular complexity index is 808. The van der Waals surface area contributed by atoms with Gasteiger partial charge < -0.3 is 15.2 Å². The number of aryl methyl sites for hydroxylation is 1. The van der Waals surface area contributed by atoms with Gasteiger partial charge >= 0.3 is 0 Å². The number of rotatable bonds is 3. The van der Waals surface area contributed by atoms with Crippen molar-refractivity contribution in [1.82, 2.24) is 9.88 Å². The fourth-order valence-corrected chi connectivity index (χ4v) is 4.46. The van der Waals surface area contributed by atoms with Crippen LogP contribution < -0.4 is 15.2 Å². The Labute approximate surface area is 155 Å². The van der Waals surface area contributed by atoms with Crippen LogP contribution in [0.1, 0.15) is 40.8 Å². The normalized spacial score (nSPS) is 25.3. The van der Waals surface area contributed by atoms with Crippen LogP contribution in [-0.2, 0) is 6.42 Å². The number of piperidine rings is 1. The summed E-state index contributed by atoms with van der Waals surface area (Å²) in [6, 6.07) is 8.93. The van der Waals surface area contributed by atoms with E-state index in [1.54, 1.807) is 14.2 Å². The van der Waals surface area contributed by atoms with Crippen molar-refractivity contribution in [3.8, 4) is 11.5 Å². The maximum Gasteiger partial charge on any atom is 0.161 e. The average molecular weight is 353 g/mol. The summed E-state index contributed by atoms with van der Waals surface area (Å²) >= 11 is 0. The molecule has 0 unspecified atom stereocenters. The molecule has 0 bridgehead atoms. The van der Waals surface area contributed by atoms with Crippen LogP contribution >= 0.6 is 0 Å². The van der Waals surface area contributed by atoms with Gasteiger partial charge in [0, 0.05) is 43.0 Å². The van der Waals surface area contributed by atoms with Gasteiger partial charge in [-0.25, -0.2) is 0 Å². The van der Waals surface area contributed by atoms with Gasteiger partial charge in [0.05, 0.1) is 14.2 Å². The SMILES string of the molecule is COc1cc2c(cc1OC)[C@H]1C[C@@H](N)[C@H](c3cc(C)ccn3)CN1CC2. The van der Waals surface area contributed by atoms with Crippen molar-refractivity contribution in [2.45, 2.75) is 37.8 Å². The van der Waals surface area contributed by atoms with Gasteiger partial charge in [0.25, 0.3) is 0 Å². The van der Waals surface area contributed by atoms with Crippen LogP contribution in [-0.4, -0.2) is 43.2 Å². The van der Waals surface area contributed by atoms with E-state index in [0.717, 1.165) is 43.1 Å². The average Bonchev–Trinajstić information content (AvgIpc) is 2.66. The maximum atomic E-state index is 6.63. The predicted octanol–water partition coefficient (Wildman–Crippen LogP) is 2.82. The van der Waals surface area contributed by atoms with E-state index in [0.29, 0.717) is 6.04 Å². The Balaban J connectivity index is 1.64. The first-order valence-corrected chi connectivity index (χ1v) is 9.27. The van der Waals surface area contributed by atoms with Gasteiger partial charge in [-0.2, -0.15) is 0 Å². The molecule has 0 radical (unpaired) electrons. The quantitative estimate of drug-likeness (QED) is 0.919. The Morgan fingerprint density at radius 3 is 2.65 bits per heavy atom. The summed E-state index contributed by atoms with van der Waals surface area (Å²) in [5.74, 6) is 1.89. The van der Waals surface area contributed by atoms with Gasteiger partial charge in [-0.15, -0.1) is 0 Å². The highest BCUT2D eigenvalue weighted by Crippen LogP contribution is 2.43. The van der Waals surface area contributed by atoms with Gasteiger partial charge in [-0.1, -0.05) is 0 Å². The third-order valence-corrected chi connectivity index (χ3v) is 5.87. The predicted molar refractivity (Wildman–Crippen MR) is 102 cm³/mol. The summed E-state index contributed by atoms with van der Waals surface area (Å²) in [4.78, 5) is 7.16. The lowest BCUT2D eigenvalue weighted by molar-refractivity contribution is 0.108. The number of fused-ring (bicyclic) bond motifs is 3. The van der Waals surface area contributed by atoms with Crippen LogP contribution in [0.2, 0.25) is 0 Å². The smallest absolute Gasteiger partial charge is 0.161 e. The summed E-state index contributed by atoms with van der Waals surface area (Å²) in [6.45, 7) is 4.11. The van der Waals surface area contributed by atoms with E-state index in [-0.39, 0.29) is 12.0 Å². The van der Waals surface area contributed by atoms with Crippen LogP contribution in [0.15, 0.2) is 30.5 Å². The van der Waals surface area contributed by atoms with Crippen LogP contribution in [0.4, 0.5) is 0 Å². The maximum absolute atomic E-state index is 6.63. The Morgan fingerprint density at radius 2 is 1.92 bits per heavy atom. The second kappa shape index (κ2) is 6.89. The van der Waals surface area contributed by atoms with Crippen LogP contribution in [0.5, 0.6) is 11.5 Å². The highest BCUT2D eigenvalue weighted by Gasteiger charge is 2.39. The minimum atomic E-state index is 0.101. The van der Waals surface area contributed by atoms with Crippen molar-refractivity contribution in [3.05, 3.63) is 52.8 Å². The standard InChI is InChI=1S/C21H27N3O2/c1-13-4-6-23-18(8-13)16-12-24-7-5-14-9-20(25-2)21(26-3)10-15(14)19(24)11-17(16)22/h4,6,8-10,16-17,19H,5,7,11-12,22H2,1-3H3/t16-,17-,19-/m1/s1. The molecular formula is C21H27N3O2. The zero-order valence-corrected chi connectivity index (χ0v) is 15.7. The number of hydrogen-bond acceptors (Lipinski definition) is 5. The van der Waals surface area contributed by atoms with Gasteiger partial charge in [0.2, 0.25) is 0 Å². The molecule has 5 heteroatoms. The number of methoxy groups -OCH3 is 2. The lowest BCUT2D eigenvalue weighted by Gasteiger charge is -2.46. The lowest BCUT2D eigenvalue weighted by Crippen LogP contribution is -2.50. The molecule has 138 valence electrons. The topological polar surface area (TPSA) is 60.6 Å². The molecule has 0 saturated carbocycles. The van der Waals surface area contributed by atoms with E-state index >= 15 is 0 Å². The molecule has 3 heterocycles. The van der Waals surface area contributed by atoms with Crippen LogP contribution in [0, 0.1) is 6.92 Å². The van der Waals surface area contributed by atoms with E-state index in [9.17, 15) is 0 Å². The van der Waals surface area contributed by atoms with E-state index in [4.69, 9.17) is 15.2 Å². The van der Waals surface area contributed by atoms with Crippen molar-refractivity contribution >= 4 is 0 Å². The number of pyridine rings is 1. The van der Waals surface area contributed by atoms with Gasteiger partial charge in [-0.3, -0.25) is 9.88 Å². The van der Waals surface area contributed by atoms with E-state index in [1.807, 2.05) is 12.3 Å². The molecule has 1 aromatic heterocycles. The minimum absolute atomic E-state index is 0.101. The second-order valence-electron chi connectivity index (χ2n) is 7.43. The zero-order valence-electron chi connectivity index (χ0n) is 15.7. The van der Waals surface area contributed by atoms with Crippen LogP contribution in [0.3, 0.4) is 0 Å². The molecule has 26 heavy (non-hydrogen) atoms. The van der Waals surface area contributed by atoms with Crippen molar-refractivity contribution in [2.24, 2.45) is 5.73 Å². The van der Waals surface area contributed by atoms with Crippen LogP contribution in [0.25, 0.3) is 0 Å². The molecule has 5 nitrogen and oxygen atoms in total. The zero-order chi connectivity index (χ0) is 18.3. The number of ether oxygens (including phenoxy) is 2. The molecule has 2 aliphatic heterocycles. The van der Waals surface area contributed by atoms with E-state index in [2.05, 4.69) is 35.0 Å². The molecule has 2 N–H and O–H groups in total. The molecule has 3 atom stereocenters. The molecule has 0 aliphatic carbocycles. The van der Waals surface area contributed by atoms with Crippen molar-refractivity contribution in [3.63, 3.8) is 0 Å². The molecule has 2 aromatic rings. The van der Waals surface area contributed by atoms with Crippen molar-refractivity contribution < 1.29 is 9.47 Å². The largest absolute Gasteiger partial charge is 0.493 e. The number of nitrogens with two attached hydrogens (primary N) is 1. The summed E-state index contributed by atoms with van der Waals surface area (Å²) in [5.41, 5.74) is 11.7. The first-order chi connectivity index (χ1) is 12.6. The van der Waals surface area contributed by atoms with E-state index in [1.165, 1.54) is 16.7 Å².